The molecule has 27 heavy (non-hydrogen) atoms. The summed E-state index contributed by atoms with van der Waals surface area (Å²) in [5.41, 5.74) is 1.34. The molecule has 1 aliphatic heterocycles. The summed E-state index contributed by atoms with van der Waals surface area (Å²) in [6, 6.07) is 16.8. The lowest BCUT2D eigenvalue weighted by Gasteiger charge is -2.34. The van der Waals surface area contributed by atoms with Crippen molar-refractivity contribution >= 4 is 23.6 Å². The number of amides is 1. The van der Waals surface area contributed by atoms with Gasteiger partial charge in [0.15, 0.2) is 0 Å². The Hall–Kier alpha value is -2.71. The van der Waals surface area contributed by atoms with Gasteiger partial charge in [-0.1, -0.05) is 30.0 Å². The molecule has 1 heterocycles. The lowest BCUT2D eigenvalue weighted by atomic mass is 9.91. The third kappa shape index (κ3) is 4.72. The van der Waals surface area contributed by atoms with Gasteiger partial charge in [-0.3, -0.25) is 4.79 Å². The highest BCUT2D eigenvalue weighted by Gasteiger charge is 2.42. The smallest absolute Gasteiger partial charge is 0.331 e. The molecule has 0 saturated carbocycles. The Morgan fingerprint density at radius 3 is 2.15 bits per heavy atom. The van der Waals surface area contributed by atoms with Crippen LogP contribution in [-0.4, -0.2) is 36.0 Å². The fraction of sp³-hybridized carbons (Fsp3) is 0.273. The van der Waals surface area contributed by atoms with E-state index in [1.54, 1.807) is 23.9 Å². The minimum Gasteiger partial charge on any atom is -0.467 e. The monoisotopic (exact) mass is 379 g/mol. The Balaban J connectivity index is 1.72. The Kier molecular flexibility index (Phi) is 6.20. The van der Waals surface area contributed by atoms with Crippen LogP contribution in [0.4, 0.5) is 0 Å². The molecule has 1 N–H and O–H groups in total. The normalized spacial score (nSPS) is 15.1. The first-order valence-corrected chi connectivity index (χ1v) is 9.94. The molecule has 0 spiro atoms. The summed E-state index contributed by atoms with van der Waals surface area (Å²) in [6.07, 6.45) is 1.16. The molecule has 1 aliphatic rings. The molecule has 138 valence electrons. The van der Waals surface area contributed by atoms with Crippen LogP contribution in [0.5, 0.6) is 0 Å². The molecular weight excluding hydrogens is 358 g/mol. The van der Waals surface area contributed by atoms with Crippen LogP contribution >= 0.6 is 11.8 Å². The molecular formula is C22H21NO3S. The van der Waals surface area contributed by atoms with Gasteiger partial charge >= 0.3 is 5.97 Å². The van der Waals surface area contributed by atoms with Crippen molar-refractivity contribution in [3.05, 3.63) is 71.3 Å². The standard InChI is InChI=1S/C22H21NO3S/c1-26-21(25)22(13-15-27-16-14-22)23-20(24)19-11-9-18(10-12-19)8-7-17-5-3-2-4-6-17/h2-6,9-12H,13-16H2,1H3,(H,23,24). The van der Waals surface area contributed by atoms with E-state index in [-0.39, 0.29) is 11.9 Å². The quantitative estimate of drug-likeness (QED) is 0.657. The van der Waals surface area contributed by atoms with Gasteiger partial charge in [0.25, 0.3) is 5.91 Å². The Bertz CT molecular complexity index is 860. The van der Waals surface area contributed by atoms with E-state index < -0.39 is 5.54 Å². The number of carbonyl (C=O) groups excluding carboxylic acids is 2. The van der Waals surface area contributed by atoms with Crippen LogP contribution < -0.4 is 5.32 Å². The van der Waals surface area contributed by atoms with Crippen molar-refractivity contribution < 1.29 is 14.3 Å². The maximum absolute atomic E-state index is 12.7. The average molecular weight is 379 g/mol. The summed E-state index contributed by atoms with van der Waals surface area (Å²) >= 11 is 1.78. The zero-order valence-corrected chi connectivity index (χ0v) is 16.0. The molecule has 0 aliphatic carbocycles. The van der Waals surface area contributed by atoms with E-state index in [0.717, 1.165) is 22.6 Å². The number of methoxy groups -OCH3 is 1. The highest BCUT2D eigenvalue weighted by Crippen LogP contribution is 2.28. The molecule has 0 radical (unpaired) electrons. The van der Waals surface area contributed by atoms with Crippen molar-refractivity contribution in [1.82, 2.24) is 5.32 Å². The van der Waals surface area contributed by atoms with Crippen molar-refractivity contribution in [3.63, 3.8) is 0 Å². The van der Waals surface area contributed by atoms with Gasteiger partial charge in [-0.25, -0.2) is 4.79 Å². The van der Waals surface area contributed by atoms with Crippen LogP contribution in [0.15, 0.2) is 54.6 Å². The molecule has 4 nitrogen and oxygen atoms in total. The van der Waals surface area contributed by atoms with Crippen molar-refractivity contribution in [3.8, 4) is 11.8 Å². The number of hydrogen-bond donors (Lipinski definition) is 1. The first kappa shape index (κ1) is 19.1. The number of benzene rings is 2. The maximum atomic E-state index is 12.7. The second-order valence-electron chi connectivity index (χ2n) is 6.33. The molecule has 3 rings (SSSR count). The summed E-state index contributed by atoms with van der Waals surface area (Å²) in [4.78, 5) is 24.9. The highest BCUT2D eigenvalue weighted by molar-refractivity contribution is 7.99. The van der Waals surface area contributed by atoms with Crippen molar-refractivity contribution in [2.45, 2.75) is 18.4 Å². The van der Waals surface area contributed by atoms with E-state index in [2.05, 4.69) is 17.2 Å². The van der Waals surface area contributed by atoms with E-state index in [9.17, 15) is 9.59 Å². The lowest BCUT2D eigenvalue weighted by Crippen LogP contribution is -2.57. The van der Waals surface area contributed by atoms with Crippen LogP contribution in [-0.2, 0) is 9.53 Å². The fourth-order valence-corrected chi connectivity index (χ4v) is 4.15. The first-order valence-electron chi connectivity index (χ1n) is 8.79. The van der Waals surface area contributed by atoms with Gasteiger partial charge in [0, 0.05) is 16.7 Å². The lowest BCUT2D eigenvalue weighted by molar-refractivity contribution is -0.148. The highest BCUT2D eigenvalue weighted by atomic mass is 32.2. The fourth-order valence-electron chi connectivity index (χ4n) is 2.96. The largest absolute Gasteiger partial charge is 0.467 e. The topological polar surface area (TPSA) is 55.4 Å². The Morgan fingerprint density at radius 2 is 1.56 bits per heavy atom. The predicted molar refractivity (Wildman–Crippen MR) is 108 cm³/mol. The molecule has 2 aromatic carbocycles. The summed E-state index contributed by atoms with van der Waals surface area (Å²) in [5.74, 6) is 7.18. The van der Waals surface area contributed by atoms with Gasteiger partial charge in [0.2, 0.25) is 0 Å². The van der Waals surface area contributed by atoms with Gasteiger partial charge in [0.1, 0.15) is 5.54 Å². The van der Waals surface area contributed by atoms with Crippen LogP contribution in [0.3, 0.4) is 0 Å². The van der Waals surface area contributed by atoms with Crippen molar-refractivity contribution in [2.24, 2.45) is 0 Å². The molecule has 1 saturated heterocycles. The summed E-state index contributed by atoms with van der Waals surface area (Å²) in [6.45, 7) is 0. The van der Waals surface area contributed by atoms with Gasteiger partial charge < -0.3 is 10.1 Å². The average Bonchev–Trinajstić information content (AvgIpc) is 2.73. The molecule has 0 bridgehead atoms. The minimum absolute atomic E-state index is 0.269. The molecule has 0 atom stereocenters. The van der Waals surface area contributed by atoms with Gasteiger partial charge in [-0.15, -0.1) is 0 Å². The van der Waals surface area contributed by atoms with E-state index >= 15 is 0 Å². The van der Waals surface area contributed by atoms with E-state index in [0.29, 0.717) is 18.4 Å². The minimum atomic E-state index is -0.928. The zero-order valence-electron chi connectivity index (χ0n) is 15.2. The number of hydrogen-bond acceptors (Lipinski definition) is 4. The van der Waals surface area contributed by atoms with Gasteiger partial charge in [-0.2, -0.15) is 11.8 Å². The summed E-state index contributed by atoms with van der Waals surface area (Å²) in [5, 5.41) is 2.91. The van der Waals surface area contributed by atoms with Crippen LogP contribution in [0.1, 0.15) is 34.3 Å². The Morgan fingerprint density at radius 1 is 0.963 bits per heavy atom. The third-order valence-electron chi connectivity index (χ3n) is 4.55. The number of carbonyl (C=O) groups is 2. The van der Waals surface area contributed by atoms with Gasteiger partial charge in [0.05, 0.1) is 7.11 Å². The number of esters is 1. The Labute approximate surface area is 163 Å². The summed E-state index contributed by atoms with van der Waals surface area (Å²) in [7, 11) is 1.36. The molecule has 1 fully saturated rings. The summed E-state index contributed by atoms with van der Waals surface area (Å²) < 4.78 is 4.94. The van der Waals surface area contributed by atoms with E-state index in [4.69, 9.17) is 4.74 Å². The number of ether oxygens (including phenoxy) is 1. The zero-order chi connectivity index (χ0) is 19.1. The molecule has 0 aromatic heterocycles. The van der Waals surface area contributed by atoms with Crippen LogP contribution in [0, 0.1) is 11.8 Å². The number of nitrogens with one attached hydrogen (secondary N) is 1. The number of thioether (sulfide) groups is 1. The second kappa shape index (κ2) is 8.79. The SMILES string of the molecule is COC(=O)C1(NC(=O)c2ccc(C#Cc3ccccc3)cc2)CCSCC1. The molecule has 5 heteroatoms. The van der Waals surface area contributed by atoms with Crippen molar-refractivity contribution in [1.29, 1.82) is 0 Å². The van der Waals surface area contributed by atoms with E-state index in [1.165, 1.54) is 7.11 Å². The predicted octanol–water partition coefficient (Wildman–Crippen LogP) is 3.26. The van der Waals surface area contributed by atoms with Crippen molar-refractivity contribution in [2.75, 3.05) is 18.6 Å². The van der Waals surface area contributed by atoms with Crippen LogP contribution in [0.2, 0.25) is 0 Å². The maximum Gasteiger partial charge on any atom is 0.331 e. The second-order valence-corrected chi connectivity index (χ2v) is 7.56. The third-order valence-corrected chi connectivity index (χ3v) is 5.53. The molecule has 0 unspecified atom stereocenters. The molecule has 1 amide bonds. The first-order chi connectivity index (χ1) is 13.1. The molecule has 2 aromatic rings. The van der Waals surface area contributed by atoms with Crippen LogP contribution in [0.25, 0.3) is 0 Å². The van der Waals surface area contributed by atoms with E-state index in [1.807, 2.05) is 42.5 Å². The van der Waals surface area contributed by atoms with Gasteiger partial charge in [-0.05, 0) is 60.7 Å². The number of rotatable bonds is 3.